The predicted molar refractivity (Wildman–Crippen MR) is 72.1 cm³/mol. The van der Waals surface area contributed by atoms with Gasteiger partial charge in [0.15, 0.2) is 0 Å². The van der Waals surface area contributed by atoms with E-state index in [-0.39, 0.29) is 5.41 Å². The third-order valence-electron chi connectivity index (χ3n) is 6.07. The molecular weight excluding hydrogens is 224 g/mol. The molecule has 0 saturated heterocycles. The molecule has 1 N–H and O–H groups in total. The van der Waals surface area contributed by atoms with Crippen LogP contribution in [0.15, 0.2) is 11.3 Å². The molecule has 1 heterocycles. The maximum atomic E-state index is 10.7. The zero-order valence-corrected chi connectivity index (χ0v) is 12.0. The maximum Gasteiger partial charge on any atom is 0.0983 e. The largest absolute Gasteiger partial charge is 0.495 e. The van der Waals surface area contributed by atoms with Crippen LogP contribution < -0.4 is 0 Å². The van der Waals surface area contributed by atoms with Crippen LogP contribution in [0.25, 0.3) is 0 Å². The summed E-state index contributed by atoms with van der Waals surface area (Å²) in [5, 5.41) is 10.7. The summed E-state index contributed by atoms with van der Waals surface area (Å²) in [4.78, 5) is 0. The number of hydrogen-bond acceptors (Lipinski definition) is 2. The minimum Gasteiger partial charge on any atom is -0.495 e. The Hall–Kier alpha value is -0.500. The van der Waals surface area contributed by atoms with E-state index in [9.17, 15) is 5.11 Å². The van der Waals surface area contributed by atoms with Gasteiger partial charge in [0.2, 0.25) is 0 Å². The number of aliphatic hydroxyl groups is 1. The number of hydrogen-bond donors (Lipinski definition) is 1. The molecule has 1 aliphatic heterocycles. The van der Waals surface area contributed by atoms with Crippen molar-refractivity contribution in [3.63, 3.8) is 0 Å². The van der Waals surface area contributed by atoms with E-state index in [1.807, 2.05) is 6.92 Å². The van der Waals surface area contributed by atoms with Gasteiger partial charge in [-0.2, -0.15) is 0 Å². The second kappa shape index (κ2) is 4.00. The first-order valence-corrected chi connectivity index (χ1v) is 7.59. The fraction of sp³-hybridized carbons (Fsp3) is 0.875. The van der Waals surface area contributed by atoms with Crippen molar-refractivity contribution in [2.45, 2.75) is 77.4 Å². The van der Waals surface area contributed by atoms with Gasteiger partial charge in [0.25, 0.3) is 0 Å². The third kappa shape index (κ3) is 1.57. The normalized spacial score (nSPS) is 47.6. The van der Waals surface area contributed by atoms with Crippen LogP contribution in [-0.4, -0.2) is 16.8 Å². The molecule has 0 amide bonds. The molecule has 2 nitrogen and oxygen atoms in total. The molecule has 2 heteroatoms. The number of rotatable bonds is 1. The van der Waals surface area contributed by atoms with Crippen LogP contribution in [0.2, 0.25) is 0 Å². The number of allylic oxidation sites excluding steroid dienone is 2. The fourth-order valence-corrected chi connectivity index (χ4v) is 4.45. The molecule has 0 spiro atoms. The lowest BCUT2D eigenvalue weighted by atomic mass is 9.62. The Balaban J connectivity index is 1.92. The van der Waals surface area contributed by atoms with Gasteiger partial charge in [-0.25, -0.2) is 0 Å². The van der Waals surface area contributed by atoms with Crippen LogP contribution in [0.5, 0.6) is 0 Å². The van der Waals surface area contributed by atoms with Crippen molar-refractivity contribution < 1.29 is 9.84 Å². The average molecular weight is 250 g/mol. The minimum atomic E-state index is -0.488. The predicted octanol–water partition coefficient (Wildman–Crippen LogP) is 3.79. The van der Waals surface area contributed by atoms with Gasteiger partial charge < -0.3 is 9.84 Å². The molecular formula is C16H26O2. The quantitative estimate of drug-likeness (QED) is 0.767. The summed E-state index contributed by atoms with van der Waals surface area (Å²) in [6, 6.07) is 0. The zero-order chi connectivity index (χ0) is 13.0. The van der Waals surface area contributed by atoms with Gasteiger partial charge in [-0.05, 0) is 56.9 Å². The second-order valence-electron chi connectivity index (χ2n) is 6.92. The van der Waals surface area contributed by atoms with Crippen LogP contribution in [0.3, 0.4) is 0 Å². The molecule has 3 aliphatic rings. The van der Waals surface area contributed by atoms with E-state index in [2.05, 4.69) is 13.8 Å². The van der Waals surface area contributed by atoms with E-state index < -0.39 is 5.60 Å². The smallest absolute Gasteiger partial charge is 0.0983 e. The van der Waals surface area contributed by atoms with Crippen LogP contribution in [0, 0.1) is 11.3 Å². The molecule has 1 saturated carbocycles. The zero-order valence-electron chi connectivity index (χ0n) is 12.0. The molecule has 2 aliphatic carbocycles. The fourth-order valence-electron chi connectivity index (χ4n) is 4.45. The summed E-state index contributed by atoms with van der Waals surface area (Å²) in [6.07, 6.45) is 8.14. The Bertz CT molecular complexity index is 383. The maximum absolute atomic E-state index is 10.7. The van der Waals surface area contributed by atoms with Gasteiger partial charge in [0.05, 0.1) is 17.5 Å². The summed E-state index contributed by atoms with van der Waals surface area (Å²) >= 11 is 0. The molecule has 4 atom stereocenters. The monoisotopic (exact) mass is 250 g/mol. The van der Waals surface area contributed by atoms with Gasteiger partial charge in [-0.15, -0.1) is 0 Å². The highest BCUT2D eigenvalue weighted by molar-refractivity contribution is 5.27. The highest BCUT2D eigenvalue weighted by Crippen LogP contribution is 2.60. The Morgan fingerprint density at radius 2 is 2.00 bits per heavy atom. The highest BCUT2D eigenvalue weighted by atomic mass is 16.5. The van der Waals surface area contributed by atoms with Crippen molar-refractivity contribution in [1.29, 1.82) is 0 Å². The van der Waals surface area contributed by atoms with Crippen molar-refractivity contribution in [2.75, 3.05) is 0 Å². The van der Waals surface area contributed by atoms with Gasteiger partial charge >= 0.3 is 0 Å². The third-order valence-corrected chi connectivity index (χ3v) is 6.07. The molecule has 0 aromatic rings. The molecule has 0 aromatic heterocycles. The lowest BCUT2D eigenvalue weighted by molar-refractivity contribution is -0.0656. The van der Waals surface area contributed by atoms with Gasteiger partial charge in [0.1, 0.15) is 0 Å². The lowest BCUT2D eigenvalue weighted by Crippen LogP contribution is -2.45. The van der Waals surface area contributed by atoms with Crippen molar-refractivity contribution in [1.82, 2.24) is 0 Å². The molecule has 18 heavy (non-hydrogen) atoms. The molecule has 3 rings (SSSR count). The summed E-state index contributed by atoms with van der Waals surface area (Å²) in [5.41, 5.74) is 1.14. The van der Waals surface area contributed by atoms with Crippen LogP contribution in [-0.2, 0) is 4.74 Å². The summed E-state index contributed by atoms with van der Waals surface area (Å²) in [7, 11) is 0. The number of fused-ring (bicyclic) bond motifs is 2. The van der Waals surface area contributed by atoms with Gasteiger partial charge in [-0.3, -0.25) is 0 Å². The molecule has 102 valence electrons. The minimum absolute atomic E-state index is 0.0776. The van der Waals surface area contributed by atoms with Crippen LogP contribution in [0.1, 0.15) is 65.7 Å². The molecule has 4 unspecified atom stereocenters. The van der Waals surface area contributed by atoms with E-state index >= 15 is 0 Å². The van der Waals surface area contributed by atoms with Crippen LogP contribution >= 0.6 is 0 Å². The Morgan fingerprint density at radius 1 is 1.22 bits per heavy atom. The summed E-state index contributed by atoms with van der Waals surface area (Å²) < 4.78 is 6.16. The van der Waals surface area contributed by atoms with Crippen molar-refractivity contribution in [3.8, 4) is 0 Å². The van der Waals surface area contributed by atoms with Crippen molar-refractivity contribution in [2.24, 2.45) is 11.3 Å². The first kappa shape index (κ1) is 12.5. The topological polar surface area (TPSA) is 29.5 Å². The SMILES string of the molecule is CCC1CCC2=C(CCC3(C)C2CCC3(C)O)O1. The average Bonchev–Trinajstić information content (AvgIpc) is 2.60. The van der Waals surface area contributed by atoms with Crippen molar-refractivity contribution >= 4 is 0 Å². The van der Waals surface area contributed by atoms with Crippen LogP contribution in [0.4, 0.5) is 0 Å². The molecule has 1 fully saturated rings. The number of ether oxygens (including phenoxy) is 1. The molecule has 0 radical (unpaired) electrons. The van der Waals surface area contributed by atoms with E-state index in [1.54, 1.807) is 5.57 Å². The van der Waals surface area contributed by atoms with Crippen molar-refractivity contribution in [3.05, 3.63) is 11.3 Å². The Kier molecular flexibility index (Phi) is 2.78. The van der Waals surface area contributed by atoms with Gasteiger partial charge in [-0.1, -0.05) is 13.8 Å². The molecule has 0 aromatic carbocycles. The Labute approximate surface area is 110 Å². The van der Waals surface area contributed by atoms with E-state index in [0.29, 0.717) is 12.0 Å². The second-order valence-corrected chi connectivity index (χ2v) is 6.92. The van der Waals surface area contributed by atoms with E-state index in [4.69, 9.17) is 4.74 Å². The van der Waals surface area contributed by atoms with E-state index in [1.165, 1.54) is 18.6 Å². The standard InChI is InChI=1S/C16H26O2/c1-4-11-5-6-12-13-7-10-16(3,17)15(13,2)9-8-14(12)18-11/h11,13,17H,4-10H2,1-3H3. The van der Waals surface area contributed by atoms with Gasteiger partial charge in [0, 0.05) is 11.8 Å². The summed E-state index contributed by atoms with van der Waals surface area (Å²) in [5.74, 6) is 1.85. The Morgan fingerprint density at radius 3 is 2.72 bits per heavy atom. The first-order chi connectivity index (χ1) is 8.48. The first-order valence-electron chi connectivity index (χ1n) is 7.59. The van der Waals surface area contributed by atoms with E-state index in [0.717, 1.165) is 32.1 Å². The highest BCUT2D eigenvalue weighted by Gasteiger charge is 2.56. The molecule has 0 bridgehead atoms. The lowest BCUT2D eigenvalue weighted by Gasteiger charge is -2.47. The summed E-state index contributed by atoms with van der Waals surface area (Å²) in [6.45, 7) is 6.54.